The Kier molecular flexibility index (Phi) is 6.89. The molecule has 1 aromatic rings. The molecule has 0 spiro atoms. The average molecular weight is 349 g/mol. The number of aliphatic hydroxyl groups is 1. The van der Waals surface area contributed by atoms with E-state index in [1.807, 2.05) is 19.2 Å². The third kappa shape index (κ3) is 5.44. The van der Waals surface area contributed by atoms with E-state index in [0.29, 0.717) is 5.92 Å². The van der Waals surface area contributed by atoms with Gasteiger partial charge in [-0.2, -0.15) is 0 Å². The molecular formula is C21H36N2O2. The van der Waals surface area contributed by atoms with Crippen LogP contribution in [0.4, 0.5) is 0 Å². The number of nitrogens with one attached hydrogen (secondary N) is 1. The van der Waals surface area contributed by atoms with Crippen molar-refractivity contribution in [2.75, 3.05) is 33.5 Å². The summed E-state index contributed by atoms with van der Waals surface area (Å²) in [5.74, 6) is 1.35. The lowest BCUT2D eigenvalue weighted by atomic mass is 9.77. The molecule has 0 amide bonds. The summed E-state index contributed by atoms with van der Waals surface area (Å²) in [6.07, 6.45) is 3.46. The van der Waals surface area contributed by atoms with Crippen LogP contribution in [0.3, 0.4) is 0 Å². The van der Waals surface area contributed by atoms with Crippen molar-refractivity contribution >= 4 is 0 Å². The first-order valence-electron chi connectivity index (χ1n) is 9.51. The molecule has 0 bridgehead atoms. The van der Waals surface area contributed by atoms with Crippen molar-refractivity contribution < 1.29 is 9.84 Å². The maximum absolute atomic E-state index is 9.11. The summed E-state index contributed by atoms with van der Waals surface area (Å²) in [5, 5.41) is 12.4. The summed E-state index contributed by atoms with van der Waals surface area (Å²) >= 11 is 0. The van der Waals surface area contributed by atoms with Crippen molar-refractivity contribution in [3.8, 4) is 5.75 Å². The van der Waals surface area contributed by atoms with Gasteiger partial charge in [-0.1, -0.05) is 32.0 Å². The van der Waals surface area contributed by atoms with Gasteiger partial charge in [-0.15, -0.1) is 0 Å². The predicted molar refractivity (Wildman–Crippen MR) is 104 cm³/mol. The second kappa shape index (κ2) is 8.52. The van der Waals surface area contributed by atoms with Crippen LogP contribution in [0.25, 0.3) is 0 Å². The van der Waals surface area contributed by atoms with Crippen LogP contribution in [0.15, 0.2) is 24.3 Å². The van der Waals surface area contributed by atoms with Gasteiger partial charge in [0.2, 0.25) is 0 Å². The number of piperidine rings is 1. The summed E-state index contributed by atoms with van der Waals surface area (Å²) < 4.78 is 5.41. The van der Waals surface area contributed by atoms with Gasteiger partial charge >= 0.3 is 0 Å². The fraction of sp³-hybridized carbons (Fsp3) is 0.714. The molecule has 0 saturated carbocycles. The minimum Gasteiger partial charge on any atom is -0.467 e. The zero-order valence-electron chi connectivity index (χ0n) is 16.6. The molecule has 0 aromatic heterocycles. The molecule has 0 unspecified atom stereocenters. The first-order valence-corrected chi connectivity index (χ1v) is 9.51. The number of likely N-dealkylation sites (tertiary alicyclic amines) is 1. The van der Waals surface area contributed by atoms with Crippen LogP contribution in [0, 0.1) is 5.41 Å². The number of rotatable bonds is 8. The summed E-state index contributed by atoms with van der Waals surface area (Å²) in [6.45, 7) is 12.5. The van der Waals surface area contributed by atoms with Crippen molar-refractivity contribution in [1.29, 1.82) is 0 Å². The van der Waals surface area contributed by atoms with Crippen molar-refractivity contribution in [3.05, 3.63) is 29.8 Å². The molecule has 1 aliphatic rings. The monoisotopic (exact) mass is 348 g/mol. The average Bonchev–Trinajstić information content (AvgIpc) is 2.55. The lowest BCUT2D eigenvalue weighted by Crippen LogP contribution is -2.50. The molecule has 142 valence electrons. The number of hydrogen-bond acceptors (Lipinski definition) is 4. The van der Waals surface area contributed by atoms with E-state index in [1.165, 1.54) is 12.0 Å². The Bertz CT molecular complexity index is 534. The van der Waals surface area contributed by atoms with Crippen LogP contribution < -0.4 is 10.1 Å². The normalized spacial score (nSPS) is 17.7. The molecule has 25 heavy (non-hydrogen) atoms. The highest BCUT2D eigenvalue weighted by Gasteiger charge is 2.35. The highest BCUT2D eigenvalue weighted by Crippen LogP contribution is 2.38. The molecule has 2 rings (SSSR count). The first-order chi connectivity index (χ1) is 11.8. The lowest BCUT2D eigenvalue weighted by Gasteiger charge is -2.46. The Morgan fingerprint density at radius 3 is 2.40 bits per heavy atom. The van der Waals surface area contributed by atoms with Crippen molar-refractivity contribution in [2.45, 2.75) is 58.4 Å². The van der Waals surface area contributed by atoms with E-state index < -0.39 is 0 Å². The SMILES string of the molecule is CNCC(C)(C)CC(C)(C)N1CCC(c2ccccc2OCO)CC1. The molecule has 1 aromatic carbocycles. The molecule has 4 heteroatoms. The van der Waals surface area contributed by atoms with E-state index >= 15 is 0 Å². The minimum atomic E-state index is -0.260. The summed E-state index contributed by atoms with van der Waals surface area (Å²) in [4.78, 5) is 2.65. The van der Waals surface area contributed by atoms with E-state index in [2.05, 4.69) is 50.0 Å². The number of hydrogen-bond donors (Lipinski definition) is 2. The van der Waals surface area contributed by atoms with Crippen LogP contribution in [-0.4, -0.2) is 49.0 Å². The second-order valence-electron chi connectivity index (χ2n) is 8.76. The molecule has 1 saturated heterocycles. The smallest absolute Gasteiger partial charge is 0.186 e. The highest BCUT2D eigenvalue weighted by molar-refractivity contribution is 5.36. The molecule has 4 nitrogen and oxygen atoms in total. The van der Waals surface area contributed by atoms with Gasteiger partial charge in [0.25, 0.3) is 0 Å². The minimum absolute atomic E-state index is 0.201. The van der Waals surface area contributed by atoms with E-state index in [1.54, 1.807) is 0 Å². The van der Waals surface area contributed by atoms with Gasteiger partial charge in [-0.05, 0) is 76.2 Å². The first kappa shape index (κ1) is 20.2. The lowest BCUT2D eigenvalue weighted by molar-refractivity contribution is 0.0491. The Balaban J connectivity index is 1.99. The topological polar surface area (TPSA) is 44.7 Å². The highest BCUT2D eigenvalue weighted by atomic mass is 16.6. The van der Waals surface area contributed by atoms with Crippen molar-refractivity contribution in [2.24, 2.45) is 5.41 Å². The predicted octanol–water partition coefficient (Wildman–Crippen LogP) is 3.61. The quantitative estimate of drug-likeness (QED) is 0.705. The van der Waals surface area contributed by atoms with Gasteiger partial charge in [0, 0.05) is 12.1 Å². The molecule has 0 radical (unpaired) electrons. The maximum atomic E-state index is 9.11. The third-order valence-corrected chi connectivity index (χ3v) is 5.50. The van der Waals surface area contributed by atoms with Crippen LogP contribution in [0.5, 0.6) is 5.75 Å². The Morgan fingerprint density at radius 1 is 1.16 bits per heavy atom. The summed E-state index contributed by atoms with van der Waals surface area (Å²) in [7, 11) is 2.03. The largest absolute Gasteiger partial charge is 0.467 e. The molecular weight excluding hydrogens is 312 g/mol. The van der Waals surface area contributed by atoms with Gasteiger partial charge in [0.15, 0.2) is 6.79 Å². The molecule has 0 aliphatic carbocycles. The third-order valence-electron chi connectivity index (χ3n) is 5.50. The maximum Gasteiger partial charge on any atom is 0.186 e. The van der Waals surface area contributed by atoms with E-state index in [9.17, 15) is 0 Å². The number of benzene rings is 1. The molecule has 1 aliphatic heterocycles. The van der Waals surface area contributed by atoms with Gasteiger partial charge in [-0.3, -0.25) is 4.90 Å². The summed E-state index contributed by atoms with van der Waals surface area (Å²) in [6, 6.07) is 8.14. The van der Waals surface area contributed by atoms with Crippen LogP contribution in [0.2, 0.25) is 0 Å². The van der Waals surface area contributed by atoms with Crippen LogP contribution >= 0.6 is 0 Å². The van der Waals surface area contributed by atoms with Gasteiger partial charge in [0.05, 0.1) is 0 Å². The Labute approximate surface area is 153 Å². The van der Waals surface area contributed by atoms with Crippen LogP contribution in [0.1, 0.15) is 58.4 Å². The van der Waals surface area contributed by atoms with E-state index in [0.717, 1.165) is 38.2 Å². The zero-order chi connectivity index (χ0) is 18.5. The zero-order valence-corrected chi connectivity index (χ0v) is 16.6. The Hall–Kier alpha value is -1.10. The standard InChI is InChI=1S/C21H36N2O2/c1-20(2,15-22-5)14-21(3,4)23-12-10-17(11-13-23)18-8-6-7-9-19(18)25-16-24/h6-9,17,22,24H,10-16H2,1-5H3. The van der Waals surface area contributed by atoms with Gasteiger partial charge < -0.3 is 15.2 Å². The van der Waals surface area contributed by atoms with E-state index in [4.69, 9.17) is 9.84 Å². The fourth-order valence-electron chi connectivity index (χ4n) is 4.64. The van der Waals surface area contributed by atoms with Crippen molar-refractivity contribution in [1.82, 2.24) is 10.2 Å². The number of ether oxygens (including phenoxy) is 1. The summed E-state index contributed by atoms with van der Waals surface area (Å²) in [5.41, 5.74) is 1.73. The van der Waals surface area contributed by atoms with E-state index in [-0.39, 0.29) is 17.7 Å². The van der Waals surface area contributed by atoms with Gasteiger partial charge in [-0.25, -0.2) is 0 Å². The number of nitrogens with zero attached hydrogens (tertiary/aromatic N) is 1. The molecule has 1 fully saturated rings. The molecule has 1 heterocycles. The van der Waals surface area contributed by atoms with Crippen LogP contribution in [-0.2, 0) is 0 Å². The number of aliphatic hydroxyl groups excluding tert-OH is 1. The second-order valence-corrected chi connectivity index (χ2v) is 8.76. The fourth-order valence-corrected chi connectivity index (χ4v) is 4.64. The molecule has 2 N–H and O–H groups in total. The van der Waals surface area contributed by atoms with Crippen molar-refractivity contribution in [3.63, 3.8) is 0 Å². The van der Waals surface area contributed by atoms with Gasteiger partial charge in [0.1, 0.15) is 5.75 Å². The Morgan fingerprint density at radius 2 is 1.80 bits per heavy atom. The number of para-hydroxylation sites is 1. The molecule has 0 atom stereocenters.